The highest BCUT2D eigenvalue weighted by atomic mass is 31.2. The van der Waals surface area contributed by atoms with E-state index in [1.807, 2.05) is 0 Å². The maximum Gasteiger partial charge on any atom is 0.256 e. The standard InChI is InChI=1S/C5H12NO2P/c1-5(2)6-9-7-3-4-8-9/h5-6H,3-4H2,1-2H3. The van der Waals surface area contributed by atoms with Gasteiger partial charge in [0.2, 0.25) is 0 Å². The highest BCUT2D eigenvalue weighted by Gasteiger charge is 2.17. The van der Waals surface area contributed by atoms with Gasteiger partial charge in [0.15, 0.2) is 0 Å². The first-order chi connectivity index (χ1) is 4.29. The molecule has 1 fully saturated rings. The van der Waals surface area contributed by atoms with Crippen LogP contribution in [-0.4, -0.2) is 19.3 Å². The molecule has 1 aliphatic heterocycles. The van der Waals surface area contributed by atoms with Crippen LogP contribution in [0.2, 0.25) is 0 Å². The third kappa shape index (κ3) is 2.59. The summed E-state index contributed by atoms with van der Waals surface area (Å²) in [4.78, 5) is 0. The Balaban J connectivity index is 2.11. The Morgan fingerprint density at radius 2 is 1.89 bits per heavy atom. The second-order valence-electron chi connectivity index (χ2n) is 2.21. The smallest absolute Gasteiger partial charge is 0.256 e. The van der Waals surface area contributed by atoms with Crippen molar-refractivity contribution in [2.75, 3.05) is 13.2 Å². The van der Waals surface area contributed by atoms with Crippen LogP contribution in [0.1, 0.15) is 13.8 Å². The molecule has 1 aliphatic rings. The van der Waals surface area contributed by atoms with Gasteiger partial charge in [0.25, 0.3) is 8.53 Å². The summed E-state index contributed by atoms with van der Waals surface area (Å²) in [7, 11) is -0.735. The summed E-state index contributed by atoms with van der Waals surface area (Å²) < 4.78 is 10.4. The van der Waals surface area contributed by atoms with Crippen LogP contribution in [-0.2, 0) is 9.05 Å². The lowest BCUT2D eigenvalue weighted by molar-refractivity contribution is 0.365. The first-order valence-corrected chi connectivity index (χ1v) is 4.29. The van der Waals surface area contributed by atoms with E-state index in [1.165, 1.54) is 0 Å². The summed E-state index contributed by atoms with van der Waals surface area (Å²) in [6.45, 7) is 5.64. The summed E-state index contributed by atoms with van der Waals surface area (Å²) in [6.07, 6.45) is 0. The minimum Gasteiger partial charge on any atom is -0.320 e. The average molecular weight is 149 g/mol. The predicted octanol–water partition coefficient (Wildman–Crippen LogP) is 1.26. The van der Waals surface area contributed by atoms with Crippen molar-refractivity contribution in [3.8, 4) is 0 Å². The lowest BCUT2D eigenvalue weighted by Crippen LogP contribution is -2.16. The van der Waals surface area contributed by atoms with Gasteiger partial charge in [-0.1, -0.05) is 0 Å². The van der Waals surface area contributed by atoms with Crippen molar-refractivity contribution in [2.24, 2.45) is 0 Å². The van der Waals surface area contributed by atoms with E-state index in [0.717, 1.165) is 13.2 Å². The Bertz CT molecular complexity index is 83.0. The van der Waals surface area contributed by atoms with Crippen molar-refractivity contribution < 1.29 is 9.05 Å². The van der Waals surface area contributed by atoms with Crippen LogP contribution < -0.4 is 5.09 Å². The molecule has 3 nitrogen and oxygen atoms in total. The van der Waals surface area contributed by atoms with E-state index in [-0.39, 0.29) is 0 Å². The molecular formula is C5H12NO2P. The Morgan fingerprint density at radius 3 is 2.33 bits per heavy atom. The van der Waals surface area contributed by atoms with Crippen molar-refractivity contribution in [3.63, 3.8) is 0 Å². The van der Waals surface area contributed by atoms with Gasteiger partial charge in [0.1, 0.15) is 0 Å². The zero-order chi connectivity index (χ0) is 6.69. The highest BCUT2D eigenvalue weighted by molar-refractivity contribution is 7.45. The van der Waals surface area contributed by atoms with Gasteiger partial charge in [-0.3, -0.25) is 0 Å². The minimum absolute atomic E-state index is 0.453. The van der Waals surface area contributed by atoms with Crippen molar-refractivity contribution in [2.45, 2.75) is 19.9 Å². The van der Waals surface area contributed by atoms with E-state index in [2.05, 4.69) is 18.9 Å². The summed E-state index contributed by atoms with van der Waals surface area (Å²) in [5, 5.41) is 3.16. The maximum atomic E-state index is 5.20. The molecule has 0 saturated carbocycles. The van der Waals surface area contributed by atoms with Gasteiger partial charge in [-0.05, 0) is 13.8 Å². The Kier molecular flexibility index (Phi) is 2.86. The average Bonchev–Trinajstić information content (AvgIpc) is 2.15. The molecule has 1 saturated heterocycles. The van der Waals surface area contributed by atoms with Gasteiger partial charge in [-0.2, -0.15) is 0 Å². The zero-order valence-electron chi connectivity index (χ0n) is 5.76. The van der Waals surface area contributed by atoms with E-state index >= 15 is 0 Å². The van der Waals surface area contributed by atoms with Gasteiger partial charge in [0, 0.05) is 6.04 Å². The van der Waals surface area contributed by atoms with E-state index in [1.54, 1.807) is 0 Å². The van der Waals surface area contributed by atoms with Gasteiger partial charge in [0.05, 0.1) is 13.2 Å². The quantitative estimate of drug-likeness (QED) is 0.599. The molecule has 1 rings (SSSR count). The molecule has 0 aliphatic carbocycles. The molecule has 54 valence electrons. The summed E-state index contributed by atoms with van der Waals surface area (Å²) in [6, 6.07) is 0.453. The fraction of sp³-hybridized carbons (Fsp3) is 1.00. The van der Waals surface area contributed by atoms with Gasteiger partial charge in [-0.25, -0.2) is 5.09 Å². The third-order valence-corrected chi connectivity index (χ3v) is 2.43. The monoisotopic (exact) mass is 149 g/mol. The van der Waals surface area contributed by atoms with Crippen molar-refractivity contribution >= 4 is 8.53 Å². The molecule has 0 aromatic heterocycles. The Labute approximate surface area is 56.7 Å². The fourth-order valence-electron chi connectivity index (χ4n) is 0.563. The molecule has 0 bridgehead atoms. The second-order valence-corrected chi connectivity index (χ2v) is 3.50. The van der Waals surface area contributed by atoms with Crippen LogP contribution in [0.5, 0.6) is 0 Å². The molecule has 0 radical (unpaired) electrons. The Hall–Kier alpha value is 0.310. The lowest BCUT2D eigenvalue weighted by atomic mass is 10.4. The van der Waals surface area contributed by atoms with Crippen LogP contribution in [0.3, 0.4) is 0 Å². The first kappa shape index (κ1) is 7.42. The van der Waals surface area contributed by atoms with Crippen LogP contribution in [0.25, 0.3) is 0 Å². The van der Waals surface area contributed by atoms with Crippen LogP contribution in [0.4, 0.5) is 0 Å². The maximum absolute atomic E-state index is 5.20. The molecule has 0 unspecified atom stereocenters. The summed E-state index contributed by atoms with van der Waals surface area (Å²) in [5.74, 6) is 0. The number of rotatable bonds is 2. The van der Waals surface area contributed by atoms with Gasteiger partial charge < -0.3 is 9.05 Å². The van der Waals surface area contributed by atoms with Crippen molar-refractivity contribution in [3.05, 3.63) is 0 Å². The van der Waals surface area contributed by atoms with E-state index < -0.39 is 8.53 Å². The molecule has 1 N–H and O–H groups in total. The molecular weight excluding hydrogens is 137 g/mol. The largest absolute Gasteiger partial charge is 0.320 e. The van der Waals surface area contributed by atoms with Crippen molar-refractivity contribution in [1.82, 2.24) is 5.09 Å². The molecule has 0 amide bonds. The molecule has 4 heteroatoms. The predicted molar refractivity (Wildman–Crippen MR) is 37.1 cm³/mol. The highest BCUT2D eigenvalue weighted by Crippen LogP contribution is 2.37. The molecule has 0 aromatic carbocycles. The fourth-order valence-corrected chi connectivity index (χ4v) is 1.69. The van der Waals surface area contributed by atoms with Crippen LogP contribution in [0.15, 0.2) is 0 Å². The van der Waals surface area contributed by atoms with Crippen molar-refractivity contribution in [1.29, 1.82) is 0 Å². The summed E-state index contributed by atoms with van der Waals surface area (Å²) >= 11 is 0. The number of nitrogens with one attached hydrogen (secondary N) is 1. The van der Waals surface area contributed by atoms with Gasteiger partial charge >= 0.3 is 0 Å². The number of hydrogen-bond acceptors (Lipinski definition) is 3. The normalized spacial score (nSPS) is 21.7. The third-order valence-electron chi connectivity index (χ3n) is 0.864. The molecule has 1 heterocycles. The minimum atomic E-state index is -0.735. The van der Waals surface area contributed by atoms with E-state index in [4.69, 9.17) is 9.05 Å². The zero-order valence-corrected chi connectivity index (χ0v) is 6.65. The SMILES string of the molecule is CC(C)NP1OCCO1. The summed E-state index contributed by atoms with van der Waals surface area (Å²) in [5.41, 5.74) is 0. The van der Waals surface area contributed by atoms with Crippen LogP contribution >= 0.6 is 8.53 Å². The van der Waals surface area contributed by atoms with Gasteiger partial charge in [-0.15, -0.1) is 0 Å². The Morgan fingerprint density at radius 1 is 1.33 bits per heavy atom. The number of hydrogen-bond donors (Lipinski definition) is 1. The van der Waals surface area contributed by atoms with E-state index in [9.17, 15) is 0 Å². The first-order valence-electron chi connectivity index (χ1n) is 3.11. The molecule has 0 spiro atoms. The van der Waals surface area contributed by atoms with E-state index in [0.29, 0.717) is 6.04 Å². The topological polar surface area (TPSA) is 30.5 Å². The van der Waals surface area contributed by atoms with Crippen LogP contribution in [0, 0.1) is 0 Å². The second kappa shape index (κ2) is 3.47. The molecule has 0 aromatic rings. The lowest BCUT2D eigenvalue weighted by Gasteiger charge is -2.11. The molecule has 0 atom stereocenters. The molecule has 9 heavy (non-hydrogen) atoms.